The monoisotopic (exact) mass is 298 g/mol. The minimum absolute atomic E-state index is 0.0124. The molecule has 0 fully saturated rings. The summed E-state index contributed by atoms with van der Waals surface area (Å²) in [7, 11) is 1.55. The summed E-state index contributed by atoms with van der Waals surface area (Å²) in [6, 6.07) is 2.90. The van der Waals surface area contributed by atoms with Crippen LogP contribution < -0.4 is 0 Å². The van der Waals surface area contributed by atoms with Gasteiger partial charge in [-0.3, -0.25) is 0 Å². The van der Waals surface area contributed by atoms with E-state index in [1.165, 1.54) is 4.90 Å². The van der Waals surface area contributed by atoms with Gasteiger partial charge in [0, 0.05) is 18.0 Å². The van der Waals surface area contributed by atoms with E-state index in [9.17, 15) is 9.59 Å². The van der Waals surface area contributed by atoms with Gasteiger partial charge < -0.3 is 14.9 Å². The second kappa shape index (κ2) is 7.28. The van der Waals surface area contributed by atoms with Gasteiger partial charge in [-0.15, -0.1) is 11.3 Å². The van der Waals surface area contributed by atoms with Gasteiger partial charge in [-0.25, -0.2) is 9.59 Å². The maximum absolute atomic E-state index is 12.5. The third kappa shape index (κ3) is 3.96. The van der Waals surface area contributed by atoms with Crippen LogP contribution in [-0.4, -0.2) is 46.0 Å². The Kier molecular flexibility index (Phi) is 6.01. The molecule has 0 aromatic carbocycles. The smallest absolute Gasteiger partial charge is 0.326 e. The molecule has 0 radical (unpaired) electrons. The van der Waals surface area contributed by atoms with E-state index in [1.54, 1.807) is 30.2 Å². The van der Waals surface area contributed by atoms with Gasteiger partial charge in [-0.1, -0.05) is 13.0 Å². The zero-order chi connectivity index (χ0) is 15.3. The first-order valence-corrected chi connectivity index (χ1v) is 7.55. The topological polar surface area (TPSA) is 60.9 Å². The first-order valence-electron chi connectivity index (χ1n) is 6.67. The number of carbonyl (C=O) groups is 2. The zero-order valence-corrected chi connectivity index (χ0v) is 13.2. The molecular weight excluding hydrogens is 276 g/mol. The van der Waals surface area contributed by atoms with Gasteiger partial charge in [-0.2, -0.15) is 0 Å². The number of hydrogen-bond acceptors (Lipinski definition) is 3. The van der Waals surface area contributed by atoms with E-state index < -0.39 is 12.0 Å². The molecule has 112 valence electrons. The zero-order valence-electron chi connectivity index (χ0n) is 12.4. The van der Waals surface area contributed by atoms with Gasteiger partial charge in [0.15, 0.2) is 0 Å². The number of aliphatic carboxylic acids is 1. The molecule has 0 aliphatic rings. The van der Waals surface area contributed by atoms with Crippen LogP contribution in [0, 0.1) is 0 Å². The van der Waals surface area contributed by atoms with Crippen molar-refractivity contribution in [3.63, 3.8) is 0 Å². The lowest BCUT2D eigenvalue weighted by Crippen LogP contribution is -2.50. The van der Waals surface area contributed by atoms with Crippen LogP contribution in [0.4, 0.5) is 4.79 Å². The maximum atomic E-state index is 12.5. The predicted octanol–water partition coefficient (Wildman–Crippen LogP) is 2.87. The highest BCUT2D eigenvalue weighted by molar-refractivity contribution is 7.09. The Labute approximate surface area is 123 Å². The average Bonchev–Trinajstić information content (AvgIpc) is 2.87. The highest BCUT2D eigenvalue weighted by Crippen LogP contribution is 2.16. The standard InChI is InChI=1S/C14H22N2O3S/c1-5-12(13(17)18)15(4)14(19)16(10(2)3)9-11-7-6-8-20-11/h6-8,10,12H,5,9H2,1-4H3,(H,17,18). The van der Waals surface area contributed by atoms with Crippen molar-refractivity contribution in [2.24, 2.45) is 0 Å². The molecule has 0 saturated carbocycles. The van der Waals surface area contributed by atoms with E-state index in [-0.39, 0.29) is 12.1 Å². The van der Waals surface area contributed by atoms with Crippen molar-refractivity contribution in [2.75, 3.05) is 7.05 Å². The fraction of sp³-hybridized carbons (Fsp3) is 0.571. The molecule has 1 aromatic rings. The third-order valence-electron chi connectivity index (χ3n) is 3.22. The van der Waals surface area contributed by atoms with Crippen molar-refractivity contribution in [3.8, 4) is 0 Å². The summed E-state index contributed by atoms with van der Waals surface area (Å²) < 4.78 is 0. The number of nitrogens with zero attached hydrogens (tertiary/aromatic N) is 2. The fourth-order valence-corrected chi connectivity index (χ4v) is 2.69. The van der Waals surface area contributed by atoms with E-state index in [1.807, 2.05) is 31.4 Å². The predicted molar refractivity (Wildman–Crippen MR) is 79.9 cm³/mol. The quantitative estimate of drug-likeness (QED) is 0.878. The highest BCUT2D eigenvalue weighted by atomic mass is 32.1. The van der Waals surface area contributed by atoms with Crippen molar-refractivity contribution >= 4 is 23.3 Å². The molecule has 0 aliphatic heterocycles. The van der Waals surface area contributed by atoms with Crippen molar-refractivity contribution in [3.05, 3.63) is 22.4 Å². The van der Waals surface area contributed by atoms with Gasteiger partial charge in [0.05, 0.1) is 6.54 Å². The summed E-state index contributed by atoms with van der Waals surface area (Å²) in [6.45, 7) is 6.14. The third-order valence-corrected chi connectivity index (χ3v) is 4.08. The Bertz CT molecular complexity index is 445. The van der Waals surface area contributed by atoms with Gasteiger partial charge in [-0.05, 0) is 31.7 Å². The molecule has 1 heterocycles. The summed E-state index contributed by atoms with van der Waals surface area (Å²) >= 11 is 1.59. The van der Waals surface area contributed by atoms with E-state index in [0.29, 0.717) is 13.0 Å². The SMILES string of the molecule is CCC(C(=O)O)N(C)C(=O)N(Cc1cccs1)C(C)C. The average molecular weight is 298 g/mol. The van der Waals surface area contributed by atoms with Crippen LogP contribution in [-0.2, 0) is 11.3 Å². The molecule has 20 heavy (non-hydrogen) atoms. The number of thiophene rings is 1. The molecule has 0 saturated heterocycles. The molecule has 1 unspecified atom stereocenters. The van der Waals surface area contributed by atoms with Crippen LogP contribution in [0.25, 0.3) is 0 Å². The van der Waals surface area contributed by atoms with Crippen LogP contribution in [0.1, 0.15) is 32.1 Å². The molecule has 1 rings (SSSR count). The lowest BCUT2D eigenvalue weighted by Gasteiger charge is -2.33. The molecular formula is C14H22N2O3S. The van der Waals surface area contributed by atoms with Crippen molar-refractivity contribution < 1.29 is 14.7 Å². The maximum Gasteiger partial charge on any atom is 0.326 e. The first kappa shape index (κ1) is 16.5. The van der Waals surface area contributed by atoms with Gasteiger partial charge in [0.25, 0.3) is 0 Å². The second-order valence-electron chi connectivity index (χ2n) is 4.96. The molecule has 2 amide bonds. The Morgan fingerprint density at radius 1 is 1.40 bits per heavy atom. The van der Waals surface area contributed by atoms with Crippen LogP contribution in [0.15, 0.2) is 17.5 Å². The second-order valence-corrected chi connectivity index (χ2v) is 5.99. The molecule has 6 heteroatoms. The van der Waals surface area contributed by atoms with E-state index in [0.717, 1.165) is 4.88 Å². The summed E-state index contributed by atoms with van der Waals surface area (Å²) in [5.74, 6) is -0.969. The number of urea groups is 1. The number of carbonyl (C=O) groups excluding carboxylic acids is 1. The Balaban J connectivity index is 2.85. The molecule has 1 aromatic heterocycles. The van der Waals surface area contributed by atoms with E-state index >= 15 is 0 Å². The van der Waals surface area contributed by atoms with Gasteiger partial charge >= 0.3 is 12.0 Å². The normalized spacial score (nSPS) is 12.2. The minimum atomic E-state index is -0.969. The van der Waals surface area contributed by atoms with E-state index in [4.69, 9.17) is 5.11 Å². The van der Waals surface area contributed by atoms with Crippen LogP contribution >= 0.6 is 11.3 Å². The Hall–Kier alpha value is -1.56. The van der Waals surface area contributed by atoms with E-state index in [2.05, 4.69) is 0 Å². The lowest BCUT2D eigenvalue weighted by atomic mass is 10.2. The number of carboxylic acids is 1. The molecule has 0 bridgehead atoms. The lowest BCUT2D eigenvalue weighted by molar-refractivity contribution is -0.142. The van der Waals surface area contributed by atoms with Gasteiger partial charge in [0.2, 0.25) is 0 Å². The van der Waals surface area contributed by atoms with Crippen LogP contribution in [0.3, 0.4) is 0 Å². The highest BCUT2D eigenvalue weighted by Gasteiger charge is 2.29. The Morgan fingerprint density at radius 2 is 2.05 bits per heavy atom. The molecule has 5 nitrogen and oxygen atoms in total. The number of likely N-dealkylation sites (N-methyl/N-ethyl adjacent to an activating group) is 1. The molecule has 0 aliphatic carbocycles. The van der Waals surface area contributed by atoms with Crippen LogP contribution in [0.2, 0.25) is 0 Å². The van der Waals surface area contributed by atoms with Crippen molar-refractivity contribution in [2.45, 2.75) is 45.8 Å². The van der Waals surface area contributed by atoms with Crippen molar-refractivity contribution in [1.29, 1.82) is 0 Å². The summed E-state index contributed by atoms with van der Waals surface area (Å²) in [4.78, 5) is 27.8. The first-order chi connectivity index (χ1) is 9.38. The minimum Gasteiger partial charge on any atom is -0.480 e. The van der Waals surface area contributed by atoms with Crippen LogP contribution in [0.5, 0.6) is 0 Å². The number of carboxylic acid groups (broad SMARTS) is 1. The van der Waals surface area contributed by atoms with Crippen molar-refractivity contribution in [1.82, 2.24) is 9.80 Å². The Morgan fingerprint density at radius 3 is 2.45 bits per heavy atom. The fourth-order valence-electron chi connectivity index (χ4n) is 1.99. The van der Waals surface area contributed by atoms with Gasteiger partial charge in [0.1, 0.15) is 6.04 Å². The summed E-state index contributed by atoms with van der Waals surface area (Å²) in [5, 5.41) is 11.1. The largest absolute Gasteiger partial charge is 0.480 e. The number of rotatable bonds is 6. The molecule has 1 N–H and O–H groups in total. The molecule has 0 spiro atoms. The number of hydrogen-bond donors (Lipinski definition) is 1. The summed E-state index contributed by atoms with van der Waals surface area (Å²) in [6.07, 6.45) is 0.391. The molecule has 1 atom stereocenters. The number of amides is 2. The summed E-state index contributed by atoms with van der Waals surface area (Å²) in [5.41, 5.74) is 0.